The van der Waals surface area contributed by atoms with E-state index in [1.165, 1.54) is 0 Å². The first-order valence-electron chi connectivity index (χ1n) is 8.03. The summed E-state index contributed by atoms with van der Waals surface area (Å²) < 4.78 is 7.26. The lowest BCUT2D eigenvalue weighted by Crippen LogP contribution is -2.28. The predicted octanol–water partition coefficient (Wildman–Crippen LogP) is 3.57. The molecule has 1 unspecified atom stereocenters. The van der Waals surface area contributed by atoms with Crippen LogP contribution >= 0.6 is 11.3 Å². The number of thiophene rings is 1. The number of hydrogen-bond acceptors (Lipinski definition) is 4. The molecule has 0 radical (unpaired) electrons. The van der Waals surface area contributed by atoms with Crippen molar-refractivity contribution >= 4 is 17.2 Å². The van der Waals surface area contributed by atoms with Crippen LogP contribution in [0, 0.1) is 6.92 Å². The van der Waals surface area contributed by atoms with Crippen molar-refractivity contribution < 1.29 is 9.53 Å². The molecule has 130 valence electrons. The smallest absolute Gasteiger partial charge is 0.251 e. The number of rotatable bonds is 6. The highest BCUT2D eigenvalue weighted by Gasteiger charge is 2.15. The average Bonchev–Trinajstić information content (AvgIpc) is 3.25. The number of amides is 1. The first kappa shape index (κ1) is 17.4. The zero-order valence-electron chi connectivity index (χ0n) is 14.5. The number of aryl methyl sites for hydroxylation is 2. The molecular weight excluding hydrogens is 334 g/mol. The van der Waals surface area contributed by atoms with Crippen LogP contribution in [-0.4, -0.2) is 29.3 Å². The number of ether oxygens (including phenoxy) is 1. The number of benzene rings is 1. The van der Waals surface area contributed by atoms with Crippen LogP contribution in [0.5, 0.6) is 0 Å². The second-order valence-electron chi connectivity index (χ2n) is 5.83. The maximum absolute atomic E-state index is 12.5. The summed E-state index contributed by atoms with van der Waals surface area (Å²) in [6.07, 6.45) is 1.83. The van der Waals surface area contributed by atoms with Gasteiger partial charge in [0, 0.05) is 42.9 Å². The Labute approximate surface area is 151 Å². The zero-order chi connectivity index (χ0) is 17.8. The van der Waals surface area contributed by atoms with Gasteiger partial charge in [0.15, 0.2) is 0 Å². The molecule has 1 amide bonds. The van der Waals surface area contributed by atoms with Gasteiger partial charge in [-0.3, -0.25) is 9.48 Å². The van der Waals surface area contributed by atoms with Crippen LogP contribution in [0.4, 0.5) is 0 Å². The number of aromatic nitrogens is 2. The standard InChI is InChI=1S/C19H21N3O2S/c1-13-16(12-22(2)21-13)14-6-4-7-15(10-14)19(23)20-11-17(24-3)18-8-5-9-25-18/h4-10,12,17H,11H2,1-3H3,(H,20,23). The fourth-order valence-corrected chi connectivity index (χ4v) is 3.58. The molecule has 0 spiro atoms. The summed E-state index contributed by atoms with van der Waals surface area (Å²) in [6.45, 7) is 2.40. The SMILES string of the molecule is COC(CNC(=O)c1cccc(-c2cn(C)nc2C)c1)c1cccs1. The van der Waals surface area contributed by atoms with E-state index in [0.29, 0.717) is 12.1 Å². The van der Waals surface area contributed by atoms with Gasteiger partial charge in [-0.2, -0.15) is 5.10 Å². The summed E-state index contributed by atoms with van der Waals surface area (Å²) in [5.74, 6) is -0.109. The summed E-state index contributed by atoms with van der Waals surface area (Å²) in [5, 5.41) is 9.32. The number of carbonyl (C=O) groups excluding carboxylic acids is 1. The molecule has 25 heavy (non-hydrogen) atoms. The van der Waals surface area contributed by atoms with Gasteiger partial charge in [0.05, 0.1) is 5.69 Å². The fraction of sp³-hybridized carbons (Fsp3) is 0.263. The van der Waals surface area contributed by atoms with Crippen molar-refractivity contribution in [3.05, 3.63) is 64.1 Å². The van der Waals surface area contributed by atoms with Crippen molar-refractivity contribution in [2.75, 3.05) is 13.7 Å². The quantitative estimate of drug-likeness (QED) is 0.735. The van der Waals surface area contributed by atoms with E-state index in [1.54, 1.807) is 23.1 Å². The maximum atomic E-state index is 12.5. The minimum absolute atomic E-state index is 0.109. The molecule has 5 nitrogen and oxygen atoms in total. The van der Waals surface area contributed by atoms with Crippen molar-refractivity contribution in [3.63, 3.8) is 0 Å². The van der Waals surface area contributed by atoms with E-state index in [1.807, 2.05) is 61.9 Å². The number of nitrogens with one attached hydrogen (secondary N) is 1. The molecule has 0 aliphatic carbocycles. The highest BCUT2D eigenvalue weighted by molar-refractivity contribution is 7.10. The van der Waals surface area contributed by atoms with Crippen LogP contribution in [0.2, 0.25) is 0 Å². The van der Waals surface area contributed by atoms with Crippen LogP contribution in [0.25, 0.3) is 11.1 Å². The van der Waals surface area contributed by atoms with Gasteiger partial charge in [0.1, 0.15) is 6.10 Å². The second-order valence-corrected chi connectivity index (χ2v) is 6.81. The lowest BCUT2D eigenvalue weighted by atomic mass is 10.0. The van der Waals surface area contributed by atoms with E-state index in [2.05, 4.69) is 10.4 Å². The van der Waals surface area contributed by atoms with Crippen molar-refractivity contribution in [1.82, 2.24) is 15.1 Å². The Kier molecular flexibility index (Phi) is 5.31. The topological polar surface area (TPSA) is 56.1 Å². The Morgan fingerprint density at radius 1 is 1.36 bits per heavy atom. The third-order valence-electron chi connectivity index (χ3n) is 4.04. The molecule has 0 bridgehead atoms. The highest BCUT2D eigenvalue weighted by Crippen LogP contribution is 2.24. The highest BCUT2D eigenvalue weighted by atomic mass is 32.1. The molecule has 0 aliphatic rings. The Morgan fingerprint density at radius 2 is 2.20 bits per heavy atom. The van der Waals surface area contributed by atoms with Gasteiger partial charge in [-0.1, -0.05) is 18.2 Å². The maximum Gasteiger partial charge on any atom is 0.251 e. The summed E-state index contributed by atoms with van der Waals surface area (Å²) in [6, 6.07) is 11.6. The van der Waals surface area contributed by atoms with Crippen LogP contribution in [-0.2, 0) is 11.8 Å². The van der Waals surface area contributed by atoms with E-state index in [-0.39, 0.29) is 12.0 Å². The van der Waals surface area contributed by atoms with Gasteiger partial charge in [-0.15, -0.1) is 11.3 Å². The molecule has 0 saturated heterocycles. The second kappa shape index (κ2) is 7.63. The summed E-state index contributed by atoms with van der Waals surface area (Å²) in [4.78, 5) is 13.6. The van der Waals surface area contributed by atoms with Gasteiger partial charge in [0.25, 0.3) is 5.91 Å². The molecule has 3 rings (SSSR count). The van der Waals surface area contributed by atoms with E-state index in [9.17, 15) is 4.79 Å². The minimum atomic E-state index is -0.132. The molecule has 3 aromatic rings. The van der Waals surface area contributed by atoms with Gasteiger partial charge in [-0.25, -0.2) is 0 Å². The summed E-state index contributed by atoms with van der Waals surface area (Å²) in [7, 11) is 3.55. The van der Waals surface area contributed by atoms with Gasteiger partial charge >= 0.3 is 0 Å². The van der Waals surface area contributed by atoms with Crippen LogP contribution in [0.15, 0.2) is 48.0 Å². The molecule has 2 aromatic heterocycles. The normalized spacial score (nSPS) is 12.1. The first-order valence-corrected chi connectivity index (χ1v) is 8.91. The molecule has 0 saturated carbocycles. The number of methoxy groups -OCH3 is 1. The summed E-state index contributed by atoms with van der Waals surface area (Å²) >= 11 is 1.62. The van der Waals surface area contributed by atoms with Crippen molar-refractivity contribution in [2.45, 2.75) is 13.0 Å². The molecule has 0 fully saturated rings. The van der Waals surface area contributed by atoms with E-state index >= 15 is 0 Å². The van der Waals surface area contributed by atoms with E-state index < -0.39 is 0 Å². The molecule has 1 atom stereocenters. The van der Waals surface area contributed by atoms with Gasteiger partial charge < -0.3 is 10.1 Å². The first-order chi connectivity index (χ1) is 12.1. The summed E-state index contributed by atoms with van der Waals surface area (Å²) in [5.41, 5.74) is 3.59. The zero-order valence-corrected chi connectivity index (χ0v) is 15.3. The Bertz CT molecular complexity index is 855. The van der Waals surface area contributed by atoms with Crippen molar-refractivity contribution in [1.29, 1.82) is 0 Å². The molecule has 1 aromatic carbocycles. The lowest BCUT2D eigenvalue weighted by molar-refractivity contribution is 0.0837. The van der Waals surface area contributed by atoms with Crippen LogP contribution in [0.1, 0.15) is 27.0 Å². The van der Waals surface area contributed by atoms with Crippen LogP contribution in [0.3, 0.4) is 0 Å². The third kappa shape index (κ3) is 3.97. The number of nitrogens with zero attached hydrogens (tertiary/aromatic N) is 2. The average molecular weight is 355 g/mol. The van der Waals surface area contributed by atoms with Gasteiger partial charge in [-0.05, 0) is 36.1 Å². The van der Waals surface area contributed by atoms with E-state index in [0.717, 1.165) is 21.7 Å². The largest absolute Gasteiger partial charge is 0.374 e. The minimum Gasteiger partial charge on any atom is -0.374 e. The molecule has 0 aliphatic heterocycles. The predicted molar refractivity (Wildman–Crippen MR) is 99.8 cm³/mol. The Hall–Kier alpha value is -2.44. The van der Waals surface area contributed by atoms with Crippen molar-refractivity contribution in [3.8, 4) is 11.1 Å². The van der Waals surface area contributed by atoms with Crippen LogP contribution < -0.4 is 5.32 Å². The third-order valence-corrected chi connectivity index (χ3v) is 5.01. The Balaban J connectivity index is 1.72. The monoisotopic (exact) mass is 355 g/mol. The Morgan fingerprint density at radius 3 is 2.84 bits per heavy atom. The fourth-order valence-electron chi connectivity index (χ4n) is 2.77. The number of hydrogen-bond donors (Lipinski definition) is 1. The number of carbonyl (C=O) groups is 1. The lowest BCUT2D eigenvalue weighted by Gasteiger charge is -2.14. The van der Waals surface area contributed by atoms with E-state index in [4.69, 9.17) is 4.74 Å². The molecule has 2 heterocycles. The molecule has 1 N–H and O–H groups in total. The molecular formula is C19H21N3O2S. The molecule has 6 heteroatoms. The van der Waals surface area contributed by atoms with Crippen molar-refractivity contribution in [2.24, 2.45) is 7.05 Å². The van der Waals surface area contributed by atoms with Gasteiger partial charge in [0.2, 0.25) is 0 Å².